The first-order valence-corrected chi connectivity index (χ1v) is 6.17. The average molecular weight is 263 g/mol. The zero-order valence-electron chi connectivity index (χ0n) is 12.1. The van der Waals surface area contributed by atoms with Gasteiger partial charge in [0.15, 0.2) is 0 Å². The molecule has 1 aromatic heterocycles. The average Bonchev–Trinajstić information content (AvgIpc) is 2.34. The Labute approximate surface area is 114 Å². The van der Waals surface area contributed by atoms with Gasteiger partial charge in [0.05, 0.1) is 0 Å². The number of hydrogen-bond donors (Lipinski definition) is 1. The molecule has 1 rings (SSSR count). The van der Waals surface area contributed by atoms with Crippen LogP contribution in [0.3, 0.4) is 0 Å². The third-order valence-electron chi connectivity index (χ3n) is 3.23. The predicted molar refractivity (Wildman–Crippen MR) is 76.0 cm³/mol. The van der Waals surface area contributed by atoms with Gasteiger partial charge in [-0.15, -0.1) is 0 Å². The standard InChI is InChI=1S/C14H21N3O2/c1-10(14(2,3)4)17(5)13-15-8-11(9-16-13)6-7-12(18)19/h6-10H,1-5H3,(H,18,19)/b7-6+. The Hall–Kier alpha value is -1.91. The summed E-state index contributed by atoms with van der Waals surface area (Å²) in [7, 11) is 1.96. The Bertz CT molecular complexity index is 461. The zero-order valence-corrected chi connectivity index (χ0v) is 12.1. The van der Waals surface area contributed by atoms with Gasteiger partial charge in [0, 0.05) is 37.1 Å². The highest BCUT2D eigenvalue weighted by Gasteiger charge is 2.25. The van der Waals surface area contributed by atoms with Crippen molar-refractivity contribution in [3.8, 4) is 0 Å². The number of aliphatic carboxylic acids is 1. The maximum absolute atomic E-state index is 10.4. The smallest absolute Gasteiger partial charge is 0.328 e. The summed E-state index contributed by atoms with van der Waals surface area (Å²) in [6.07, 6.45) is 5.78. The molecule has 5 heteroatoms. The molecule has 0 saturated carbocycles. The first-order chi connectivity index (χ1) is 8.71. The number of hydrogen-bond acceptors (Lipinski definition) is 4. The summed E-state index contributed by atoms with van der Waals surface area (Å²) < 4.78 is 0. The van der Waals surface area contributed by atoms with Crippen LogP contribution in [0.25, 0.3) is 6.08 Å². The first kappa shape index (κ1) is 15.1. The number of rotatable bonds is 4. The third kappa shape index (κ3) is 4.35. The Morgan fingerprint density at radius 1 is 1.37 bits per heavy atom. The van der Waals surface area contributed by atoms with Crippen molar-refractivity contribution >= 4 is 18.0 Å². The quantitative estimate of drug-likeness (QED) is 0.845. The van der Waals surface area contributed by atoms with Crippen LogP contribution in [-0.4, -0.2) is 34.1 Å². The van der Waals surface area contributed by atoms with Crippen LogP contribution in [0.5, 0.6) is 0 Å². The minimum Gasteiger partial charge on any atom is -0.478 e. The van der Waals surface area contributed by atoms with E-state index < -0.39 is 5.97 Å². The summed E-state index contributed by atoms with van der Waals surface area (Å²) in [5.41, 5.74) is 0.794. The van der Waals surface area contributed by atoms with Gasteiger partial charge in [0.1, 0.15) is 0 Å². The van der Waals surface area contributed by atoms with Gasteiger partial charge < -0.3 is 10.0 Å². The van der Waals surface area contributed by atoms with Crippen LogP contribution in [0.2, 0.25) is 0 Å². The van der Waals surface area contributed by atoms with Crippen LogP contribution in [0.1, 0.15) is 33.3 Å². The molecule has 1 N–H and O–H groups in total. The SMILES string of the molecule is CC(N(C)c1ncc(/C=C/C(=O)O)cn1)C(C)(C)C. The third-order valence-corrected chi connectivity index (χ3v) is 3.23. The monoisotopic (exact) mass is 263 g/mol. The van der Waals surface area contributed by atoms with E-state index in [1.54, 1.807) is 12.4 Å². The van der Waals surface area contributed by atoms with E-state index >= 15 is 0 Å². The number of carboxylic acid groups (broad SMARTS) is 1. The summed E-state index contributed by atoms with van der Waals surface area (Å²) in [4.78, 5) is 21.0. The lowest BCUT2D eigenvalue weighted by Crippen LogP contribution is -2.40. The highest BCUT2D eigenvalue weighted by atomic mass is 16.4. The molecule has 0 aromatic carbocycles. The van der Waals surface area contributed by atoms with Crippen molar-refractivity contribution < 1.29 is 9.90 Å². The molecule has 5 nitrogen and oxygen atoms in total. The maximum atomic E-state index is 10.4. The summed E-state index contributed by atoms with van der Waals surface area (Å²) in [5, 5.41) is 8.54. The van der Waals surface area contributed by atoms with Gasteiger partial charge in [-0.3, -0.25) is 0 Å². The minimum atomic E-state index is -0.984. The molecule has 0 aliphatic rings. The Balaban J connectivity index is 2.84. The molecule has 1 heterocycles. The number of carbonyl (C=O) groups is 1. The molecule has 1 unspecified atom stereocenters. The fraction of sp³-hybridized carbons (Fsp3) is 0.500. The normalized spacial score (nSPS) is 13.5. The van der Waals surface area contributed by atoms with E-state index in [4.69, 9.17) is 5.11 Å². The second-order valence-electron chi connectivity index (χ2n) is 5.64. The topological polar surface area (TPSA) is 66.3 Å². The van der Waals surface area contributed by atoms with Gasteiger partial charge in [-0.1, -0.05) is 20.8 Å². The van der Waals surface area contributed by atoms with Crippen LogP contribution >= 0.6 is 0 Å². The molecule has 0 aliphatic heterocycles. The van der Waals surface area contributed by atoms with Crippen LogP contribution in [0.15, 0.2) is 18.5 Å². The van der Waals surface area contributed by atoms with E-state index in [0.717, 1.165) is 6.08 Å². The molecule has 0 spiro atoms. The van der Waals surface area contributed by atoms with Crippen LogP contribution in [0.4, 0.5) is 5.95 Å². The number of nitrogens with zero attached hydrogens (tertiary/aromatic N) is 3. The second-order valence-corrected chi connectivity index (χ2v) is 5.64. The molecule has 0 saturated heterocycles. The molecule has 1 aromatic rings. The van der Waals surface area contributed by atoms with Gasteiger partial charge in [-0.05, 0) is 18.4 Å². The van der Waals surface area contributed by atoms with Gasteiger partial charge in [0.25, 0.3) is 0 Å². The van der Waals surface area contributed by atoms with Gasteiger partial charge in [-0.2, -0.15) is 0 Å². The van der Waals surface area contributed by atoms with Crippen LogP contribution in [0, 0.1) is 5.41 Å². The van der Waals surface area contributed by atoms with Crippen molar-refractivity contribution in [1.82, 2.24) is 9.97 Å². The fourth-order valence-electron chi connectivity index (χ4n) is 1.52. The molecular weight excluding hydrogens is 242 g/mol. The highest BCUT2D eigenvalue weighted by Crippen LogP contribution is 2.25. The molecule has 0 fully saturated rings. The number of anilines is 1. The predicted octanol–water partition coefficient (Wildman–Crippen LogP) is 2.45. The molecule has 19 heavy (non-hydrogen) atoms. The lowest BCUT2D eigenvalue weighted by molar-refractivity contribution is -0.131. The van der Waals surface area contributed by atoms with Gasteiger partial charge in [0.2, 0.25) is 5.95 Å². The molecule has 0 bridgehead atoms. The Morgan fingerprint density at radius 2 is 1.89 bits per heavy atom. The van der Waals surface area contributed by atoms with E-state index in [-0.39, 0.29) is 11.5 Å². The summed E-state index contributed by atoms with van der Waals surface area (Å²) in [6.45, 7) is 8.62. The summed E-state index contributed by atoms with van der Waals surface area (Å²) in [5.74, 6) is -0.350. The maximum Gasteiger partial charge on any atom is 0.328 e. The van der Waals surface area contributed by atoms with Crippen molar-refractivity contribution in [3.05, 3.63) is 24.0 Å². The molecule has 1 atom stereocenters. The molecule has 104 valence electrons. The molecule has 0 radical (unpaired) electrons. The zero-order chi connectivity index (χ0) is 14.6. The van der Waals surface area contributed by atoms with Crippen molar-refractivity contribution in [2.45, 2.75) is 33.7 Å². The van der Waals surface area contributed by atoms with Crippen molar-refractivity contribution in [2.24, 2.45) is 5.41 Å². The highest BCUT2D eigenvalue weighted by molar-refractivity contribution is 5.85. The summed E-state index contributed by atoms with van der Waals surface area (Å²) in [6, 6.07) is 0.285. The fourth-order valence-corrected chi connectivity index (χ4v) is 1.52. The molecular formula is C14H21N3O2. The van der Waals surface area contributed by atoms with Crippen LogP contribution in [-0.2, 0) is 4.79 Å². The lowest BCUT2D eigenvalue weighted by Gasteiger charge is -2.35. The van der Waals surface area contributed by atoms with Gasteiger partial charge in [-0.25, -0.2) is 14.8 Å². The number of carboxylic acids is 1. The largest absolute Gasteiger partial charge is 0.478 e. The van der Waals surface area contributed by atoms with Gasteiger partial charge >= 0.3 is 5.97 Å². The second kappa shape index (κ2) is 5.82. The van der Waals surface area contributed by atoms with Crippen molar-refractivity contribution in [3.63, 3.8) is 0 Å². The Morgan fingerprint density at radius 3 is 2.32 bits per heavy atom. The van der Waals surface area contributed by atoms with E-state index in [1.165, 1.54) is 6.08 Å². The molecule has 0 amide bonds. The van der Waals surface area contributed by atoms with Crippen molar-refractivity contribution in [2.75, 3.05) is 11.9 Å². The van der Waals surface area contributed by atoms with E-state index in [0.29, 0.717) is 11.5 Å². The Kier molecular flexibility index (Phi) is 4.64. The van der Waals surface area contributed by atoms with E-state index in [1.807, 2.05) is 11.9 Å². The van der Waals surface area contributed by atoms with E-state index in [9.17, 15) is 4.79 Å². The van der Waals surface area contributed by atoms with Crippen LogP contribution < -0.4 is 4.90 Å². The lowest BCUT2D eigenvalue weighted by atomic mass is 9.87. The minimum absolute atomic E-state index is 0.125. The summed E-state index contributed by atoms with van der Waals surface area (Å²) >= 11 is 0. The number of aromatic nitrogens is 2. The van der Waals surface area contributed by atoms with E-state index in [2.05, 4.69) is 37.7 Å². The first-order valence-electron chi connectivity index (χ1n) is 6.17. The molecule has 0 aliphatic carbocycles. The van der Waals surface area contributed by atoms with Crippen molar-refractivity contribution in [1.29, 1.82) is 0 Å².